The Hall–Kier alpha value is -1.10. The maximum atomic E-state index is 11.5. The van der Waals surface area contributed by atoms with E-state index >= 15 is 0 Å². The molecule has 1 aromatic carbocycles. The molecule has 0 saturated carbocycles. The number of halogens is 1. The van der Waals surface area contributed by atoms with Crippen molar-refractivity contribution in [2.75, 3.05) is 20.1 Å². The number of nitrogens with zero attached hydrogens (tertiary/aromatic N) is 1. The van der Waals surface area contributed by atoms with Gasteiger partial charge in [-0.3, -0.25) is 9.69 Å². The first-order chi connectivity index (χ1) is 9.86. The molecule has 0 spiro atoms. The number of carbonyl (C=O) groups excluding carboxylic acids is 1. The summed E-state index contributed by atoms with van der Waals surface area (Å²) in [4.78, 5) is 13.8. The van der Waals surface area contributed by atoms with Crippen LogP contribution in [0.25, 0.3) is 0 Å². The third-order valence-electron chi connectivity index (χ3n) is 4.71. The molecule has 0 aromatic heterocycles. The standard InChI is InChI=1S/C17H26N2O2.ClH/c1-12(2)17(21)11-19(9-13(17)3)10-14-5-7-15(8-6-14)16(20)18-4;/h5-8,12-13,21H,9-11H2,1-4H3,(H,18,20);1H/t13-,17-;/m1./s1. The van der Waals surface area contributed by atoms with Crippen molar-refractivity contribution in [1.29, 1.82) is 0 Å². The van der Waals surface area contributed by atoms with Gasteiger partial charge in [0.15, 0.2) is 0 Å². The number of hydrogen-bond donors (Lipinski definition) is 2. The SMILES string of the molecule is CNC(=O)c1ccc(CN2C[C@@H](C)[C@](O)(C(C)C)C2)cc1.Cl. The minimum atomic E-state index is -0.595. The Bertz CT molecular complexity index is 504. The number of hydrogen-bond acceptors (Lipinski definition) is 3. The number of amides is 1. The van der Waals surface area contributed by atoms with Crippen molar-refractivity contribution in [1.82, 2.24) is 10.2 Å². The molecule has 1 amide bonds. The van der Waals surface area contributed by atoms with Gasteiger partial charge in [0.2, 0.25) is 0 Å². The first kappa shape index (κ1) is 18.9. The molecule has 0 aliphatic carbocycles. The summed E-state index contributed by atoms with van der Waals surface area (Å²) >= 11 is 0. The summed E-state index contributed by atoms with van der Waals surface area (Å²) in [5.41, 5.74) is 1.25. The van der Waals surface area contributed by atoms with Crippen molar-refractivity contribution in [3.8, 4) is 0 Å². The van der Waals surface area contributed by atoms with Gasteiger partial charge in [-0.05, 0) is 29.5 Å². The molecule has 1 aromatic rings. The van der Waals surface area contributed by atoms with E-state index in [1.54, 1.807) is 7.05 Å². The van der Waals surface area contributed by atoms with E-state index in [0.717, 1.165) is 13.1 Å². The molecule has 1 aliphatic rings. The average Bonchev–Trinajstić information content (AvgIpc) is 2.75. The number of β-amino-alcohol motifs (C(OH)–C–C–N with tert-alkyl or cyclic N) is 1. The van der Waals surface area contributed by atoms with E-state index in [1.807, 2.05) is 24.3 Å². The maximum absolute atomic E-state index is 11.5. The van der Waals surface area contributed by atoms with Crippen LogP contribution in [0.2, 0.25) is 0 Å². The number of rotatable bonds is 4. The fourth-order valence-electron chi connectivity index (χ4n) is 3.16. The number of nitrogens with one attached hydrogen (secondary N) is 1. The van der Waals surface area contributed by atoms with E-state index in [0.29, 0.717) is 12.1 Å². The van der Waals surface area contributed by atoms with Gasteiger partial charge in [0, 0.05) is 32.2 Å². The monoisotopic (exact) mass is 326 g/mol. The fourth-order valence-corrected chi connectivity index (χ4v) is 3.16. The predicted molar refractivity (Wildman–Crippen MR) is 91.3 cm³/mol. The van der Waals surface area contributed by atoms with Gasteiger partial charge in [-0.1, -0.05) is 32.9 Å². The van der Waals surface area contributed by atoms with Crippen LogP contribution < -0.4 is 5.32 Å². The Morgan fingerprint density at radius 1 is 1.41 bits per heavy atom. The quantitative estimate of drug-likeness (QED) is 0.892. The molecule has 4 nitrogen and oxygen atoms in total. The molecular formula is C17H27ClN2O2. The van der Waals surface area contributed by atoms with Crippen LogP contribution >= 0.6 is 12.4 Å². The highest BCUT2D eigenvalue weighted by Crippen LogP contribution is 2.34. The lowest BCUT2D eigenvalue weighted by atomic mass is 9.82. The molecule has 124 valence electrons. The van der Waals surface area contributed by atoms with E-state index in [4.69, 9.17) is 0 Å². The van der Waals surface area contributed by atoms with Crippen LogP contribution in [-0.2, 0) is 6.54 Å². The summed E-state index contributed by atoms with van der Waals surface area (Å²) < 4.78 is 0. The second-order valence-electron chi connectivity index (χ2n) is 6.49. The van der Waals surface area contributed by atoms with E-state index in [2.05, 4.69) is 31.0 Å². The summed E-state index contributed by atoms with van der Waals surface area (Å²) in [5, 5.41) is 13.4. The van der Waals surface area contributed by atoms with Crippen molar-refractivity contribution < 1.29 is 9.90 Å². The number of aliphatic hydroxyl groups is 1. The van der Waals surface area contributed by atoms with Gasteiger partial charge < -0.3 is 10.4 Å². The Morgan fingerprint density at radius 3 is 2.45 bits per heavy atom. The molecular weight excluding hydrogens is 300 g/mol. The van der Waals surface area contributed by atoms with E-state index < -0.39 is 5.60 Å². The van der Waals surface area contributed by atoms with Crippen molar-refractivity contribution in [3.05, 3.63) is 35.4 Å². The zero-order valence-corrected chi connectivity index (χ0v) is 14.6. The first-order valence-corrected chi connectivity index (χ1v) is 7.62. The summed E-state index contributed by atoms with van der Waals surface area (Å²) in [7, 11) is 1.63. The van der Waals surface area contributed by atoms with Gasteiger partial charge in [0.1, 0.15) is 0 Å². The van der Waals surface area contributed by atoms with Crippen molar-refractivity contribution in [2.45, 2.75) is 32.9 Å². The molecule has 2 atom stereocenters. The molecule has 1 saturated heterocycles. The fraction of sp³-hybridized carbons (Fsp3) is 0.588. The largest absolute Gasteiger partial charge is 0.388 e. The second kappa shape index (κ2) is 7.44. The second-order valence-corrected chi connectivity index (χ2v) is 6.49. The topological polar surface area (TPSA) is 52.6 Å². The average molecular weight is 327 g/mol. The molecule has 2 rings (SSSR count). The van der Waals surface area contributed by atoms with Crippen LogP contribution in [0, 0.1) is 11.8 Å². The lowest BCUT2D eigenvalue weighted by Gasteiger charge is -2.31. The van der Waals surface area contributed by atoms with Crippen LogP contribution in [0.3, 0.4) is 0 Å². The summed E-state index contributed by atoms with van der Waals surface area (Å²) in [6.45, 7) is 8.72. The number of carbonyl (C=O) groups is 1. The molecule has 5 heteroatoms. The molecule has 0 bridgehead atoms. The first-order valence-electron chi connectivity index (χ1n) is 7.62. The van der Waals surface area contributed by atoms with Crippen LogP contribution in [-0.4, -0.2) is 41.7 Å². The number of likely N-dealkylation sites (tertiary alicyclic amines) is 1. The highest BCUT2D eigenvalue weighted by atomic mass is 35.5. The third kappa shape index (κ3) is 3.80. The summed E-state index contributed by atoms with van der Waals surface area (Å²) in [6.07, 6.45) is 0. The van der Waals surface area contributed by atoms with Gasteiger partial charge >= 0.3 is 0 Å². The Kier molecular flexibility index (Phi) is 6.41. The molecule has 2 N–H and O–H groups in total. The highest BCUT2D eigenvalue weighted by Gasteiger charge is 2.44. The summed E-state index contributed by atoms with van der Waals surface area (Å²) in [5.74, 6) is 0.473. The molecule has 22 heavy (non-hydrogen) atoms. The zero-order valence-electron chi connectivity index (χ0n) is 13.8. The predicted octanol–water partition coefficient (Wildman–Crippen LogP) is 2.31. The Balaban J connectivity index is 0.00000242. The van der Waals surface area contributed by atoms with Gasteiger partial charge in [-0.25, -0.2) is 0 Å². The highest BCUT2D eigenvalue weighted by molar-refractivity contribution is 5.93. The molecule has 1 aliphatic heterocycles. The van der Waals surface area contributed by atoms with Crippen molar-refractivity contribution in [3.63, 3.8) is 0 Å². The van der Waals surface area contributed by atoms with E-state index in [-0.39, 0.29) is 30.2 Å². The lowest BCUT2D eigenvalue weighted by molar-refractivity contribution is -0.0255. The zero-order chi connectivity index (χ0) is 15.6. The normalized spacial score (nSPS) is 25.1. The summed E-state index contributed by atoms with van der Waals surface area (Å²) in [6, 6.07) is 7.68. The Morgan fingerprint density at radius 2 is 2.00 bits per heavy atom. The molecule has 1 heterocycles. The smallest absolute Gasteiger partial charge is 0.251 e. The molecule has 0 unspecified atom stereocenters. The van der Waals surface area contributed by atoms with Gasteiger partial charge in [0.05, 0.1) is 5.60 Å². The van der Waals surface area contributed by atoms with Crippen molar-refractivity contribution in [2.24, 2.45) is 11.8 Å². The van der Waals surface area contributed by atoms with Crippen LogP contribution in [0.5, 0.6) is 0 Å². The molecule has 1 fully saturated rings. The molecule has 0 radical (unpaired) electrons. The van der Waals surface area contributed by atoms with Crippen molar-refractivity contribution >= 4 is 18.3 Å². The van der Waals surface area contributed by atoms with Gasteiger partial charge in [0.25, 0.3) is 5.91 Å². The van der Waals surface area contributed by atoms with Crippen LogP contribution in [0.4, 0.5) is 0 Å². The number of benzene rings is 1. The Labute approximate surface area is 139 Å². The minimum absolute atomic E-state index is 0. The van der Waals surface area contributed by atoms with Gasteiger partial charge in [-0.15, -0.1) is 12.4 Å². The van der Waals surface area contributed by atoms with Gasteiger partial charge in [-0.2, -0.15) is 0 Å². The van der Waals surface area contributed by atoms with E-state index in [9.17, 15) is 9.90 Å². The third-order valence-corrected chi connectivity index (χ3v) is 4.71. The van der Waals surface area contributed by atoms with Crippen LogP contribution in [0.15, 0.2) is 24.3 Å². The lowest BCUT2D eigenvalue weighted by Crippen LogP contribution is -2.42. The van der Waals surface area contributed by atoms with Crippen LogP contribution in [0.1, 0.15) is 36.7 Å². The minimum Gasteiger partial charge on any atom is -0.388 e. The maximum Gasteiger partial charge on any atom is 0.251 e. The van der Waals surface area contributed by atoms with E-state index in [1.165, 1.54) is 5.56 Å².